The highest BCUT2D eigenvalue weighted by Crippen LogP contribution is 2.34. The molecular weight excluding hydrogens is 238 g/mol. The molecule has 0 aliphatic carbocycles. The average Bonchev–Trinajstić information content (AvgIpc) is 2.79. The molecule has 1 saturated heterocycles. The van der Waals surface area contributed by atoms with Crippen molar-refractivity contribution in [3.05, 3.63) is 29.8 Å². The van der Waals surface area contributed by atoms with E-state index >= 15 is 0 Å². The second-order valence-electron chi connectivity index (χ2n) is 5.67. The summed E-state index contributed by atoms with van der Waals surface area (Å²) in [5, 5.41) is 0. The molecule has 1 aromatic carbocycles. The molecule has 1 unspecified atom stereocenters. The predicted molar refractivity (Wildman–Crippen MR) is 75.5 cm³/mol. The SMILES string of the molecule is CC(=O)C1Cc2ccccc2N1CC1CCOCC1. The van der Waals surface area contributed by atoms with Gasteiger partial charge in [-0.05, 0) is 37.3 Å². The third kappa shape index (κ3) is 2.52. The van der Waals surface area contributed by atoms with Crippen LogP contribution >= 0.6 is 0 Å². The highest BCUT2D eigenvalue weighted by Gasteiger charge is 2.33. The molecule has 0 aromatic heterocycles. The van der Waals surface area contributed by atoms with Gasteiger partial charge in [-0.3, -0.25) is 4.79 Å². The fraction of sp³-hybridized carbons (Fsp3) is 0.562. The Labute approximate surface area is 114 Å². The molecule has 0 saturated carbocycles. The number of carbonyl (C=O) groups excluding carboxylic acids is 1. The lowest BCUT2D eigenvalue weighted by Gasteiger charge is -2.32. The number of ether oxygens (including phenoxy) is 1. The number of hydrogen-bond donors (Lipinski definition) is 0. The molecule has 2 heterocycles. The minimum Gasteiger partial charge on any atom is -0.381 e. The summed E-state index contributed by atoms with van der Waals surface area (Å²) in [5.41, 5.74) is 2.57. The number of anilines is 1. The molecular formula is C16H21NO2. The Kier molecular flexibility index (Phi) is 3.56. The first kappa shape index (κ1) is 12.7. The lowest BCUT2D eigenvalue weighted by Crippen LogP contribution is -2.41. The van der Waals surface area contributed by atoms with Crippen molar-refractivity contribution in [1.29, 1.82) is 0 Å². The third-order valence-electron chi connectivity index (χ3n) is 4.36. The van der Waals surface area contributed by atoms with Crippen LogP contribution in [-0.2, 0) is 16.0 Å². The summed E-state index contributed by atoms with van der Waals surface area (Å²) in [4.78, 5) is 14.2. The van der Waals surface area contributed by atoms with E-state index in [4.69, 9.17) is 4.74 Å². The van der Waals surface area contributed by atoms with Crippen LogP contribution in [0, 0.1) is 5.92 Å². The van der Waals surface area contributed by atoms with Gasteiger partial charge < -0.3 is 9.64 Å². The van der Waals surface area contributed by atoms with Gasteiger partial charge in [0.15, 0.2) is 5.78 Å². The normalized spacial score (nSPS) is 23.4. The average molecular weight is 259 g/mol. The maximum absolute atomic E-state index is 11.9. The summed E-state index contributed by atoms with van der Waals surface area (Å²) >= 11 is 0. The summed E-state index contributed by atoms with van der Waals surface area (Å²) in [6, 6.07) is 8.47. The van der Waals surface area contributed by atoms with Crippen LogP contribution in [0.15, 0.2) is 24.3 Å². The number of nitrogens with zero attached hydrogens (tertiary/aromatic N) is 1. The van der Waals surface area contributed by atoms with Crippen molar-refractivity contribution in [3.63, 3.8) is 0 Å². The first-order valence-corrected chi connectivity index (χ1v) is 7.18. The second kappa shape index (κ2) is 5.33. The number of para-hydroxylation sites is 1. The van der Waals surface area contributed by atoms with E-state index in [-0.39, 0.29) is 11.8 Å². The van der Waals surface area contributed by atoms with Crippen molar-refractivity contribution in [2.45, 2.75) is 32.2 Å². The van der Waals surface area contributed by atoms with Gasteiger partial charge >= 0.3 is 0 Å². The number of hydrogen-bond acceptors (Lipinski definition) is 3. The Morgan fingerprint density at radius 2 is 2.05 bits per heavy atom. The monoisotopic (exact) mass is 259 g/mol. The topological polar surface area (TPSA) is 29.5 Å². The van der Waals surface area contributed by atoms with E-state index in [0.29, 0.717) is 5.92 Å². The van der Waals surface area contributed by atoms with E-state index in [0.717, 1.165) is 39.0 Å². The molecule has 3 nitrogen and oxygen atoms in total. The van der Waals surface area contributed by atoms with Gasteiger partial charge in [-0.2, -0.15) is 0 Å². The molecule has 1 aromatic rings. The van der Waals surface area contributed by atoms with Gasteiger partial charge in [-0.1, -0.05) is 18.2 Å². The standard InChI is InChI=1S/C16H21NO2/c1-12(18)16-10-14-4-2-3-5-15(14)17(16)11-13-6-8-19-9-7-13/h2-5,13,16H,6-11H2,1H3. The van der Waals surface area contributed by atoms with Crippen molar-refractivity contribution in [2.24, 2.45) is 5.92 Å². The summed E-state index contributed by atoms with van der Waals surface area (Å²) < 4.78 is 5.42. The van der Waals surface area contributed by atoms with Crippen molar-refractivity contribution in [1.82, 2.24) is 0 Å². The minimum absolute atomic E-state index is 0.0419. The molecule has 3 rings (SSSR count). The van der Waals surface area contributed by atoms with Gasteiger partial charge in [0, 0.05) is 31.9 Å². The number of Topliss-reactive ketones (excluding diaryl/α,β-unsaturated/α-hetero) is 1. The van der Waals surface area contributed by atoms with Crippen molar-refractivity contribution in [3.8, 4) is 0 Å². The molecule has 2 aliphatic heterocycles. The molecule has 0 N–H and O–H groups in total. The molecule has 0 bridgehead atoms. The van der Waals surface area contributed by atoms with E-state index < -0.39 is 0 Å². The van der Waals surface area contributed by atoms with E-state index in [2.05, 4.69) is 29.2 Å². The summed E-state index contributed by atoms with van der Waals surface area (Å²) in [5.74, 6) is 0.935. The van der Waals surface area contributed by atoms with Gasteiger partial charge in [0.1, 0.15) is 0 Å². The summed E-state index contributed by atoms with van der Waals surface area (Å²) in [6.45, 7) is 4.44. The van der Waals surface area contributed by atoms with Crippen molar-refractivity contribution >= 4 is 11.5 Å². The van der Waals surface area contributed by atoms with Crippen LogP contribution in [0.3, 0.4) is 0 Å². The quantitative estimate of drug-likeness (QED) is 0.835. The van der Waals surface area contributed by atoms with Gasteiger partial charge in [-0.25, -0.2) is 0 Å². The van der Waals surface area contributed by atoms with Crippen LogP contribution in [0.5, 0.6) is 0 Å². The fourth-order valence-corrected chi connectivity index (χ4v) is 3.25. The van der Waals surface area contributed by atoms with E-state index in [1.165, 1.54) is 11.3 Å². The number of fused-ring (bicyclic) bond motifs is 1. The van der Waals surface area contributed by atoms with Crippen LogP contribution in [0.2, 0.25) is 0 Å². The largest absolute Gasteiger partial charge is 0.381 e. The molecule has 102 valence electrons. The van der Waals surface area contributed by atoms with Crippen LogP contribution in [-0.4, -0.2) is 31.6 Å². The van der Waals surface area contributed by atoms with Crippen LogP contribution in [0.4, 0.5) is 5.69 Å². The molecule has 19 heavy (non-hydrogen) atoms. The molecule has 0 spiro atoms. The van der Waals surface area contributed by atoms with E-state index in [9.17, 15) is 4.79 Å². The van der Waals surface area contributed by atoms with Crippen LogP contribution < -0.4 is 4.90 Å². The zero-order valence-electron chi connectivity index (χ0n) is 11.5. The van der Waals surface area contributed by atoms with Crippen molar-refractivity contribution in [2.75, 3.05) is 24.7 Å². The second-order valence-corrected chi connectivity index (χ2v) is 5.67. The molecule has 2 aliphatic rings. The zero-order valence-corrected chi connectivity index (χ0v) is 11.5. The summed E-state index contributed by atoms with van der Waals surface area (Å²) in [6.07, 6.45) is 3.10. The number of benzene rings is 1. The highest BCUT2D eigenvalue weighted by molar-refractivity contribution is 5.88. The van der Waals surface area contributed by atoms with Gasteiger partial charge in [0.05, 0.1) is 6.04 Å². The third-order valence-corrected chi connectivity index (χ3v) is 4.36. The Hall–Kier alpha value is -1.35. The highest BCUT2D eigenvalue weighted by atomic mass is 16.5. The smallest absolute Gasteiger partial charge is 0.152 e. The zero-order chi connectivity index (χ0) is 13.2. The first-order valence-electron chi connectivity index (χ1n) is 7.18. The van der Waals surface area contributed by atoms with E-state index in [1.54, 1.807) is 6.92 Å². The Morgan fingerprint density at radius 1 is 1.32 bits per heavy atom. The maximum Gasteiger partial charge on any atom is 0.152 e. The van der Waals surface area contributed by atoms with Crippen molar-refractivity contribution < 1.29 is 9.53 Å². The van der Waals surface area contributed by atoms with Gasteiger partial charge in [-0.15, -0.1) is 0 Å². The molecule has 1 atom stereocenters. The fourth-order valence-electron chi connectivity index (χ4n) is 3.25. The maximum atomic E-state index is 11.9. The predicted octanol–water partition coefficient (Wildman–Crippen LogP) is 2.43. The number of ketones is 1. The lowest BCUT2D eigenvalue weighted by atomic mass is 9.99. The van der Waals surface area contributed by atoms with Crippen LogP contribution in [0.1, 0.15) is 25.3 Å². The lowest BCUT2D eigenvalue weighted by molar-refractivity contribution is -0.118. The molecule has 1 fully saturated rings. The Morgan fingerprint density at radius 3 is 2.79 bits per heavy atom. The molecule has 0 amide bonds. The summed E-state index contributed by atoms with van der Waals surface area (Å²) in [7, 11) is 0. The molecule has 0 radical (unpaired) electrons. The van der Waals surface area contributed by atoms with Gasteiger partial charge in [0.25, 0.3) is 0 Å². The first-order chi connectivity index (χ1) is 9.25. The van der Waals surface area contributed by atoms with E-state index in [1.807, 2.05) is 0 Å². The Balaban J connectivity index is 1.81. The minimum atomic E-state index is 0.0419. The Bertz CT molecular complexity index is 466. The molecule has 3 heteroatoms. The number of carbonyl (C=O) groups is 1. The van der Waals surface area contributed by atoms with Crippen LogP contribution in [0.25, 0.3) is 0 Å². The van der Waals surface area contributed by atoms with Gasteiger partial charge in [0.2, 0.25) is 0 Å². The number of rotatable bonds is 3.